The summed E-state index contributed by atoms with van der Waals surface area (Å²) in [4.78, 5) is 0. The normalized spacial score (nSPS) is 22.5. The number of hydrogen-bond donors (Lipinski definition) is 1. The summed E-state index contributed by atoms with van der Waals surface area (Å²) in [5, 5.41) is 4.42. The molecule has 4 heteroatoms. The van der Waals surface area contributed by atoms with Gasteiger partial charge >= 0.3 is 0 Å². The smallest absolute Gasteiger partial charge is 0.0774 e. The van der Waals surface area contributed by atoms with Crippen molar-refractivity contribution in [2.24, 2.45) is 5.73 Å². The highest BCUT2D eigenvalue weighted by Crippen LogP contribution is 2.19. The first-order valence-corrected chi connectivity index (χ1v) is 4.63. The first kappa shape index (κ1) is 8.72. The molecule has 4 nitrogen and oxygen atoms in total. The molecule has 72 valence electrons. The average Bonchev–Trinajstić information content (AvgIpc) is 2.71. The maximum absolute atomic E-state index is 5.58. The van der Waals surface area contributed by atoms with Crippen LogP contribution in [0.2, 0.25) is 0 Å². The highest BCUT2D eigenvalue weighted by atomic mass is 16.5. The average molecular weight is 181 g/mol. The second-order valence-corrected chi connectivity index (χ2v) is 3.44. The number of nitrogens with two attached hydrogens (primary N) is 1. The van der Waals surface area contributed by atoms with Gasteiger partial charge in [0, 0.05) is 24.9 Å². The van der Waals surface area contributed by atoms with Gasteiger partial charge in [-0.25, -0.2) is 0 Å². The summed E-state index contributed by atoms with van der Waals surface area (Å²) in [7, 11) is 0. The summed E-state index contributed by atoms with van der Waals surface area (Å²) in [5.41, 5.74) is 7.75. The SMILES string of the molecule is Cc1nn(C2CCOC2)cc1CN. The van der Waals surface area contributed by atoms with Crippen molar-refractivity contribution in [2.75, 3.05) is 13.2 Å². The molecule has 1 fully saturated rings. The van der Waals surface area contributed by atoms with Crippen LogP contribution in [0.25, 0.3) is 0 Å². The third-order valence-corrected chi connectivity index (χ3v) is 2.52. The van der Waals surface area contributed by atoms with Crippen LogP contribution in [0.3, 0.4) is 0 Å². The minimum atomic E-state index is 0.416. The Morgan fingerprint density at radius 1 is 1.77 bits per heavy atom. The van der Waals surface area contributed by atoms with Crippen LogP contribution in [0.5, 0.6) is 0 Å². The van der Waals surface area contributed by atoms with Gasteiger partial charge in [0.2, 0.25) is 0 Å². The molecule has 0 aliphatic carbocycles. The van der Waals surface area contributed by atoms with E-state index in [2.05, 4.69) is 5.10 Å². The van der Waals surface area contributed by atoms with Crippen molar-refractivity contribution in [1.29, 1.82) is 0 Å². The van der Waals surface area contributed by atoms with Crippen molar-refractivity contribution in [3.8, 4) is 0 Å². The summed E-state index contributed by atoms with van der Waals surface area (Å²) >= 11 is 0. The maximum atomic E-state index is 5.58. The second-order valence-electron chi connectivity index (χ2n) is 3.44. The van der Waals surface area contributed by atoms with Gasteiger partial charge in [-0.15, -0.1) is 0 Å². The first-order valence-electron chi connectivity index (χ1n) is 4.63. The van der Waals surface area contributed by atoms with E-state index in [1.807, 2.05) is 17.8 Å². The molecule has 1 aromatic heterocycles. The van der Waals surface area contributed by atoms with E-state index in [0.29, 0.717) is 12.6 Å². The van der Waals surface area contributed by atoms with Crippen LogP contribution in [0.4, 0.5) is 0 Å². The van der Waals surface area contributed by atoms with E-state index in [4.69, 9.17) is 10.5 Å². The summed E-state index contributed by atoms with van der Waals surface area (Å²) in [6.07, 6.45) is 3.10. The second kappa shape index (κ2) is 3.47. The van der Waals surface area contributed by atoms with Crippen LogP contribution in [-0.2, 0) is 11.3 Å². The Morgan fingerprint density at radius 2 is 2.62 bits per heavy atom. The monoisotopic (exact) mass is 181 g/mol. The molecule has 0 radical (unpaired) electrons. The van der Waals surface area contributed by atoms with Crippen molar-refractivity contribution in [1.82, 2.24) is 9.78 Å². The van der Waals surface area contributed by atoms with E-state index in [1.54, 1.807) is 0 Å². The van der Waals surface area contributed by atoms with E-state index in [0.717, 1.165) is 30.9 Å². The molecular formula is C9H15N3O. The lowest BCUT2D eigenvalue weighted by molar-refractivity contribution is 0.184. The van der Waals surface area contributed by atoms with Gasteiger partial charge in [0.25, 0.3) is 0 Å². The maximum Gasteiger partial charge on any atom is 0.0774 e. The molecule has 1 aliphatic rings. The predicted molar refractivity (Wildman–Crippen MR) is 49.3 cm³/mol. The molecular weight excluding hydrogens is 166 g/mol. The van der Waals surface area contributed by atoms with Gasteiger partial charge in [0.15, 0.2) is 0 Å². The van der Waals surface area contributed by atoms with Gasteiger partial charge in [0.1, 0.15) is 0 Å². The van der Waals surface area contributed by atoms with Gasteiger partial charge in [-0.3, -0.25) is 4.68 Å². The van der Waals surface area contributed by atoms with Crippen molar-refractivity contribution in [3.63, 3.8) is 0 Å². The standard InChI is InChI=1S/C9H15N3O/c1-7-8(4-10)5-12(11-7)9-2-3-13-6-9/h5,9H,2-4,6,10H2,1H3. The summed E-state index contributed by atoms with van der Waals surface area (Å²) < 4.78 is 7.29. The number of aromatic nitrogens is 2. The lowest BCUT2D eigenvalue weighted by Crippen LogP contribution is -2.09. The largest absolute Gasteiger partial charge is 0.379 e. The molecule has 2 rings (SSSR count). The van der Waals surface area contributed by atoms with E-state index in [-0.39, 0.29) is 0 Å². The van der Waals surface area contributed by atoms with Crippen LogP contribution in [0.15, 0.2) is 6.20 Å². The molecule has 13 heavy (non-hydrogen) atoms. The van der Waals surface area contributed by atoms with Gasteiger partial charge in [-0.05, 0) is 13.3 Å². The Bertz CT molecular complexity index is 289. The highest BCUT2D eigenvalue weighted by molar-refractivity contribution is 5.15. The van der Waals surface area contributed by atoms with E-state index in [9.17, 15) is 0 Å². The Hall–Kier alpha value is -0.870. The summed E-state index contributed by atoms with van der Waals surface area (Å²) in [6, 6.07) is 0.416. The zero-order valence-electron chi connectivity index (χ0n) is 7.86. The van der Waals surface area contributed by atoms with Crippen LogP contribution >= 0.6 is 0 Å². The fourth-order valence-corrected chi connectivity index (χ4v) is 1.64. The molecule has 1 aromatic rings. The van der Waals surface area contributed by atoms with Crippen LogP contribution in [0, 0.1) is 6.92 Å². The van der Waals surface area contributed by atoms with Gasteiger partial charge in [-0.1, -0.05) is 0 Å². The lowest BCUT2D eigenvalue weighted by atomic mass is 10.2. The van der Waals surface area contributed by atoms with Gasteiger partial charge in [-0.2, -0.15) is 5.10 Å². The molecule has 0 bridgehead atoms. The van der Waals surface area contributed by atoms with Crippen molar-refractivity contribution >= 4 is 0 Å². The Balaban J connectivity index is 2.20. The number of ether oxygens (including phenoxy) is 1. The zero-order chi connectivity index (χ0) is 9.26. The topological polar surface area (TPSA) is 53.1 Å². The Kier molecular flexibility index (Phi) is 2.33. The molecule has 0 spiro atoms. The van der Waals surface area contributed by atoms with Gasteiger partial charge < -0.3 is 10.5 Å². The van der Waals surface area contributed by atoms with Crippen molar-refractivity contribution < 1.29 is 4.74 Å². The number of hydrogen-bond acceptors (Lipinski definition) is 3. The molecule has 0 amide bonds. The molecule has 2 N–H and O–H groups in total. The third kappa shape index (κ3) is 1.59. The number of aryl methyl sites for hydroxylation is 1. The van der Waals surface area contributed by atoms with E-state index < -0.39 is 0 Å². The minimum Gasteiger partial charge on any atom is -0.379 e. The van der Waals surface area contributed by atoms with Crippen molar-refractivity contribution in [2.45, 2.75) is 25.9 Å². The molecule has 1 unspecified atom stereocenters. The van der Waals surface area contributed by atoms with Crippen LogP contribution < -0.4 is 5.73 Å². The van der Waals surface area contributed by atoms with E-state index >= 15 is 0 Å². The van der Waals surface area contributed by atoms with Crippen LogP contribution in [0.1, 0.15) is 23.7 Å². The summed E-state index contributed by atoms with van der Waals surface area (Å²) in [6.45, 7) is 4.20. The molecule has 1 atom stereocenters. The van der Waals surface area contributed by atoms with Gasteiger partial charge in [0.05, 0.1) is 18.3 Å². The lowest BCUT2D eigenvalue weighted by Gasteiger charge is -2.06. The Morgan fingerprint density at radius 3 is 3.15 bits per heavy atom. The quantitative estimate of drug-likeness (QED) is 0.727. The molecule has 0 aromatic carbocycles. The first-order chi connectivity index (χ1) is 6.31. The van der Waals surface area contributed by atoms with Crippen molar-refractivity contribution in [3.05, 3.63) is 17.5 Å². The highest BCUT2D eigenvalue weighted by Gasteiger charge is 2.18. The number of rotatable bonds is 2. The number of nitrogens with zero attached hydrogens (tertiary/aromatic N) is 2. The molecule has 1 saturated heterocycles. The van der Waals surface area contributed by atoms with E-state index in [1.165, 1.54) is 0 Å². The predicted octanol–water partition coefficient (Wildman–Crippen LogP) is 0.612. The minimum absolute atomic E-state index is 0.416. The summed E-state index contributed by atoms with van der Waals surface area (Å²) in [5.74, 6) is 0. The molecule has 1 aliphatic heterocycles. The Labute approximate surface area is 77.7 Å². The zero-order valence-corrected chi connectivity index (χ0v) is 7.86. The van der Waals surface area contributed by atoms with Crippen LogP contribution in [-0.4, -0.2) is 23.0 Å². The fraction of sp³-hybridized carbons (Fsp3) is 0.667. The third-order valence-electron chi connectivity index (χ3n) is 2.52. The molecule has 2 heterocycles. The fourth-order valence-electron chi connectivity index (χ4n) is 1.64. The molecule has 0 saturated carbocycles.